The van der Waals surface area contributed by atoms with Gasteiger partial charge in [0.05, 0.1) is 12.8 Å². The fourth-order valence-corrected chi connectivity index (χ4v) is 2.59. The second kappa shape index (κ2) is 7.36. The molecule has 0 spiro atoms. The normalized spacial score (nSPS) is 10.5. The molecule has 2 N–H and O–H groups in total. The summed E-state index contributed by atoms with van der Waals surface area (Å²) in [6.07, 6.45) is 0. The number of carbonyl (C=O) groups excluding carboxylic acids is 1. The Labute approximate surface area is 148 Å². The average Bonchev–Trinajstić information content (AvgIpc) is 3.09. The maximum atomic E-state index is 13.3. The zero-order chi connectivity index (χ0) is 17.8. The molecule has 3 rings (SSSR count). The van der Waals surface area contributed by atoms with Crippen LogP contribution in [0.5, 0.6) is 5.75 Å². The second-order valence-corrected chi connectivity index (χ2v) is 5.76. The lowest BCUT2D eigenvalue weighted by Gasteiger charge is -2.05. The van der Waals surface area contributed by atoms with E-state index in [-0.39, 0.29) is 5.91 Å². The van der Waals surface area contributed by atoms with Gasteiger partial charge in [0.2, 0.25) is 0 Å². The zero-order valence-corrected chi connectivity index (χ0v) is 14.1. The van der Waals surface area contributed by atoms with Crippen LogP contribution in [0.15, 0.2) is 48.5 Å². The van der Waals surface area contributed by atoms with E-state index in [9.17, 15) is 9.18 Å². The van der Waals surface area contributed by atoms with E-state index in [1.165, 1.54) is 19.2 Å². The predicted molar refractivity (Wildman–Crippen MR) is 93.2 cm³/mol. The Morgan fingerprint density at radius 3 is 2.88 bits per heavy atom. The number of hydrogen-bond donors (Lipinski definition) is 2. The number of aromatic nitrogens is 2. The molecule has 1 aromatic heterocycles. The van der Waals surface area contributed by atoms with Gasteiger partial charge in [-0.2, -0.15) is 5.10 Å². The second-order valence-electron chi connectivity index (χ2n) is 5.32. The number of hydrogen-bond acceptors (Lipinski definition) is 3. The molecule has 0 aliphatic carbocycles. The van der Waals surface area contributed by atoms with Crippen LogP contribution < -0.4 is 10.1 Å². The lowest BCUT2D eigenvalue weighted by atomic mass is 10.1. The first-order valence-electron chi connectivity index (χ1n) is 7.49. The fourth-order valence-electron chi connectivity index (χ4n) is 2.38. The Morgan fingerprint density at radius 2 is 2.12 bits per heavy atom. The van der Waals surface area contributed by atoms with Crippen LogP contribution >= 0.6 is 11.6 Å². The van der Waals surface area contributed by atoms with E-state index in [1.807, 2.05) is 12.1 Å². The molecule has 128 valence electrons. The van der Waals surface area contributed by atoms with Gasteiger partial charge in [-0.1, -0.05) is 23.7 Å². The Kier molecular flexibility index (Phi) is 5.00. The average molecular weight is 360 g/mol. The first-order valence-corrected chi connectivity index (χ1v) is 7.86. The van der Waals surface area contributed by atoms with Crippen LogP contribution in [0.25, 0.3) is 11.3 Å². The first kappa shape index (κ1) is 17.0. The molecule has 0 saturated heterocycles. The summed E-state index contributed by atoms with van der Waals surface area (Å²) in [6, 6.07) is 13.0. The Balaban J connectivity index is 1.74. The van der Waals surface area contributed by atoms with Crippen LogP contribution in [0, 0.1) is 5.82 Å². The zero-order valence-electron chi connectivity index (χ0n) is 13.3. The highest BCUT2D eigenvalue weighted by atomic mass is 35.5. The van der Waals surface area contributed by atoms with Gasteiger partial charge in [0, 0.05) is 23.2 Å². The third-order valence-electron chi connectivity index (χ3n) is 3.60. The summed E-state index contributed by atoms with van der Waals surface area (Å²) < 4.78 is 18.5. The maximum absolute atomic E-state index is 13.3. The lowest BCUT2D eigenvalue weighted by molar-refractivity contribution is 0.0946. The molecule has 5 nitrogen and oxygen atoms in total. The molecule has 0 atom stereocenters. The van der Waals surface area contributed by atoms with E-state index in [4.69, 9.17) is 16.3 Å². The van der Waals surface area contributed by atoms with Gasteiger partial charge in [-0.25, -0.2) is 4.39 Å². The molecular weight excluding hydrogens is 345 g/mol. The predicted octanol–water partition coefficient (Wildman–Crippen LogP) is 3.81. The van der Waals surface area contributed by atoms with Gasteiger partial charge >= 0.3 is 0 Å². The number of nitrogens with zero attached hydrogens (tertiary/aromatic N) is 1. The van der Waals surface area contributed by atoms with E-state index >= 15 is 0 Å². The van der Waals surface area contributed by atoms with Crippen molar-refractivity contribution >= 4 is 17.5 Å². The number of rotatable bonds is 5. The molecule has 0 aliphatic heterocycles. The van der Waals surface area contributed by atoms with Gasteiger partial charge in [0.1, 0.15) is 17.3 Å². The van der Waals surface area contributed by atoms with Crippen molar-refractivity contribution in [3.63, 3.8) is 0 Å². The quantitative estimate of drug-likeness (QED) is 0.728. The van der Waals surface area contributed by atoms with Gasteiger partial charge in [-0.3, -0.25) is 9.89 Å². The van der Waals surface area contributed by atoms with E-state index in [0.717, 1.165) is 5.56 Å². The van der Waals surface area contributed by atoms with Crippen molar-refractivity contribution in [2.75, 3.05) is 7.11 Å². The minimum absolute atomic E-state index is 0.295. The number of methoxy groups -OCH3 is 1. The Hall–Kier alpha value is -2.86. The molecule has 7 heteroatoms. The van der Waals surface area contributed by atoms with Crippen molar-refractivity contribution in [3.05, 3.63) is 70.6 Å². The van der Waals surface area contributed by atoms with E-state index < -0.39 is 5.82 Å². The molecule has 25 heavy (non-hydrogen) atoms. The van der Waals surface area contributed by atoms with E-state index in [1.54, 1.807) is 24.3 Å². The maximum Gasteiger partial charge on any atom is 0.269 e. The fraction of sp³-hybridized carbons (Fsp3) is 0.111. The summed E-state index contributed by atoms with van der Waals surface area (Å²) in [5.74, 6) is -0.368. The van der Waals surface area contributed by atoms with Crippen molar-refractivity contribution in [1.82, 2.24) is 15.5 Å². The summed E-state index contributed by atoms with van der Waals surface area (Å²) in [6.45, 7) is 0.341. The SMILES string of the molecule is COc1cc(F)ccc1-c1cc(C(=O)NCc2cccc(Cl)c2)[nH]n1. The molecule has 0 fully saturated rings. The van der Waals surface area contributed by atoms with Gasteiger partial charge in [0.15, 0.2) is 0 Å². The third-order valence-corrected chi connectivity index (χ3v) is 3.84. The van der Waals surface area contributed by atoms with Crippen LogP contribution in [-0.2, 0) is 6.54 Å². The summed E-state index contributed by atoms with van der Waals surface area (Å²) in [5.41, 5.74) is 2.27. The summed E-state index contributed by atoms with van der Waals surface area (Å²) >= 11 is 5.92. The summed E-state index contributed by atoms with van der Waals surface area (Å²) in [5, 5.41) is 10.2. The van der Waals surface area contributed by atoms with E-state index in [2.05, 4.69) is 15.5 Å². The highest BCUT2D eigenvalue weighted by molar-refractivity contribution is 6.30. The van der Waals surface area contributed by atoms with Crippen molar-refractivity contribution in [3.8, 4) is 17.0 Å². The highest BCUT2D eigenvalue weighted by Gasteiger charge is 2.14. The van der Waals surface area contributed by atoms with Crippen molar-refractivity contribution in [2.45, 2.75) is 6.54 Å². The van der Waals surface area contributed by atoms with Gasteiger partial charge in [-0.05, 0) is 35.9 Å². The van der Waals surface area contributed by atoms with Crippen LogP contribution in [-0.4, -0.2) is 23.2 Å². The number of benzene rings is 2. The van der Waals surface area contributed by atoms with Crippen molar-refractivity contribution in [1.29, 1.82) is 0 Å². The van der Waals surface area contributed by atoms with Gasteiger partial charge in [-0.15, -0.1) is 0 Å². The molecule has 0 bridgehead atoms. The number of aromatic amines is 1. The van der Waals surface area contributed by atoms with Crippen LogP contribution in [0.4, 0.5) is 4.39 Å². The molecule has 0 saturated carbocycles. The van der Waals surface area contributed by atoms with Crippen LogP contribution in [0.2, 0.25) is 5.02 Å². The van der Waals surface area contributed by atoms with Crippen LogP contribution in [0.3, 0.4) is 0 Å². The van der Waals surface area contributed by atoms with Crippen molar-refractivity contribution in [2.24, 2.45) is 0 Å². The molecule has 0 radical (unpaired) electrons. The van der Waals surface area contributed by atoms with Gasteiger partial charge in [0.25, 0.3) is 5.91 Å². The third kappa shape index (κ3) is 3.97. The molecule has 0 unspecified atom stereocenters. The molecule has 3 aromatic rings. The minimum Gasteiger partial charge on any atom is -0.496 e. The van der Waals surface area contributed by atoms with E-state index in [0.29, 0.717) is 34.3 Å². The number of nitrogens with one attached hydrogen (secondary N) is 2. The molecular formula is C18H15ClFN3O2. The highest BCUT2D eigenvalue weighted by Crippen LogP contribution is 2.29. The van der Waals surface area contributed by atoms with Crippen molar-refractivity contribution < 1.29 is 13.9 Å². The molecule has 0 aliphatic rings. The minimum atomic E-state index is -0.407. The summed E-state index contributed by atoms with van der Waals surface area (Å²) in [4.78, 5) is 12.2. The van der Waals surface area contributed by atoms with Gasteiger partial charge < -0.3 is 10.1 Å². The summed E-state index contributed by atoms with van der Waals surface area (Å²) in [7, 11) is 1.45. The van der Waals surface area contributed by atoms with Crippen LogP contribution in [0.1, 0.15) is 16.1 Å². The molecule has 2 aromatic carbocycles. The monoisotopic (exact) mass is 359 g/mol. The number of H-pyrrole nitrogens is 1. The number of ether oxygens (including phenoxy) is 1. The first-order chi connectivity index (χ1) is 12.1. The molecule has 1 amide bonds. The topological polar surface area (TPSA) is 67.0 Å². The Bertz CT molecular complexity index is 911. The number of carbonyl (C=O) groups is 1. The smallest absolute Gasteiger partial charge is 0.269 e. The lowest BCUT2D eigenvalue weighted by Crippen LogP contribution is -2.23. The number of halogens is 2. The Morgan fingerprint density at radius 1 is 1.28 bits per heavy atom. The number of amides is 1. The largest absolute Gasteiger partial charge is 0.496 e. The molecule has 1 heterocycles. The standard InChI is InChI=1S/C18H15ClFN3O2/c1-25-17-8-13(20)5-6-14(17)15-9-16(23-22-15)18(24)21-10-11-3-2-4-12(19)7-11/h2-9H,10H2,1H3,(H,21,24)(H,22,23).